The molecule has 1 rings (SSSR count). The summed E-state index contributed by atoms with van der Waals surface area (Å²) in [7, 11) is 0. The molecule has 0 saturated heterocycles. The summed E-state index contributed by atoms with van der Waals surface area (Å²) in [5.74, 6) is 4.27. The van der Waals surface area contributed by atoms with Gasteiger partial charge in [-0.1, -0.05) is 37.6 Å². The van der Waals surface area contributed by atoms with Gasteiger partial charge in [-0.15, -0.1) is 0 Å². The summed E-state index contributed by atoms with van der Waals surface area (Å²) in [6, 6.07) is 7.11. The summed E-state index contributed by atoms with van der Waals surface area (Å²) >= 11 is 5.77. The van der Waals surface area contributed by atoms with Crippen LogP contribution in [0.2, 0.25) is 5.02 Å². The van der Waals surface area contributed by atoms with E-state index in [0.29, 0.717) is 5.02 Å². The molecule has 82 valence electrons. The highest BCUT2D eigenvalue weighted by Crippen LogP contribution is 2.26. The zero-order chi connectivity index (χ0) is 11.4. The third kappa shape index (κ3) is 2.94. The lowest BCUT2D eigenvalue weighted by atomic mass is 9.89. The van der Waals surface area contributed by atoms with Crippen molar-refractivity contribution >= 4 is 17.6 Å². The Morgan fingerprint density at radius 1 is 1.33 bits per heavy atom. The van der Waals surface area contributed by atoms with Crippen LogP contribution in [0.1, 0.15) is 25.3 Å². The second-order valence-corrected chi connectivity index (χ2v) is 4.15. The highest BCUT2D eigenvalue weighted by molar-refractivity contribution is 6.30. The number of carbonyl (C=O) groups excluding carboxylic acids is 1. The van der Waals surface area contributed by atoms with Crippen molar-refractivity contribution in [2.24, 2.45) is 11.8 Å². The smallest absolute Gasteiger partial charge is 0.332 e. The van der Waals surface area contributed by atoms with Crippen LogP contribution < -0.4 is 5.90 Å². The lowest BCUT2D eigenvalue weighted by Gasteiger charge is -2.17. The zero-order valence-corrected chi connectivity index (χ0v) is 9.49. The van der Waals surface area contributed by atoms with Crippen molar-refractivity contribution in [3.63, 3.8) is 0 Å². The summed E-state index contributed by atoms with van der Waals surface area (Å²) in [4.78, 5) is 15.7. The van der Waals surface area contributed by atoms with Gasteiger partial charge in [0.15, 0.2) is 0 Å². The molecule has 0 heterocycles. The van der Waals surface area contributed by atoms with Gasteiger partial charge < -0.3 is 4.84 Å². The van der Waals surface area contributed by atoms with Gasteiger partial charge in [0.25, 0.3) is 0 Å². The molecule has 0 aromatic heterocycles. The number of halogens is 1. The Morgan fingerprint density at radius 3 is 2.27 bits per heavy atom. The molecule has 0 bridgehead atoms. The number of benzene rings is 1. The maximum atomic E-state index is 11.5. The van der Waals surface area contributed by atoms with E-state index in [0.717, 1.165) is 5.56 Å². The first kappa shape index (κ1) is 12.0. The minimum absolute atomic E-state index is 0.127. The van der Waals surface area contributed by atoms with Gasteiger partial charge in [0.05, 0.1) is 5.92 Å². The fraction of sp³-hybridized carbons (Fsp3) is 0.364. The second kappa shape index (κ2) is 5.14. The third-order valence-corrected chi connectivity index (χ3v) is 2.52. The summed E-state index contributed by atoms with van der Waals surface area (Å²) in [6.45, 7) is 3.88. The zero-order valence-electron chi connectivity index (χ0n) is 8.74. The maximum absolute atomic E-state index is 11.5. The van der Waals surface area contributed by atoms with Crippen LogP contribution in [0.5, 0.6) is 0 Å². The molecule has 0 aliphatic rings. The molecule has 2 N–H and O–H groups in total. The van der Waals surface area contributed by atoms with E-state index in [1.54, 1.807) is 12.1 Å². The molecular formula is C11H14ClNO2. The molecule has 1 atom stereocenters. The highest BCUT2D eigenvalue weighted by atomic mass is 35.5. The van der Waals surface area contributed by atoms with Crippen molar-refractivity contribution in [3.8, 4) is 0 Å². The van der Waals surface area contributed by atoms with Gasteiger partial charge in [0.1, 0.15) is 0 Å². The topological polar surface area (TPSA) is 52.3 Å². The van der Waals surface area contributed by atoms with Crippen molar-refractivity contribution in [3.05, 3.63) is 34.9 Å². The first-order valence-electron chi connectivity index (χ1n) is 4.72. The third-order valence-electron chi connectivity index (χ3n) is 2.27. The molecule has 4 heteroatoms. The maximum Gasteiger partial charge on any atom is 0.332 e. The quantitative estimate of drug-likeness (QED) is 0.808. The number of nitrogens with two attached hydrogens (primary N) is 1. The van der Waals surface area contributed by atoms with Crippen LogP contribution in [0.3, 0.4) is 0 Å². The number of hydrogen-bond donors (Lipinski definition) is 1. The molecule has 0 radical (unpaired) electrons. The molecular weight excluding hydrogens is 214 g/mol. The van der Waals surface area contributed by atoms with E-state index in [4.69, 9.17) is 17.5 Å². The predicted molar refractivity (Wildman–Crippen MR) is 59.3 cm³/mol. The number of carbonyl (C=O) groups is 1. The minimum atomic E-state index is -0.424. The molecule has 0 aliphatic carbocycles. The summed E-state index contributed by atoms with van der Waals surface area (Å²) in [6.07, 6.45) is 0. The Morgan fingerprint density at radius 2 is 1.87 bits per heavy atom. The molecule has 0 amide bonds. The molecule has 0 spiro atoms. The predicted octanol–water partition coefficient (Wildman–Crippen LogP) is 2.50. The van der Waals surface area contributed by atoms with Crippen LogP contribution in [0.15, 0.2) is 24.3 Å². The Balaban J connectivity index is 2.99. The van der Waals surface area contributed by atoms with Crippen LogP contribution in [0, 0.1) is 5.92 Å². The van der Waals surface area contributed by atoms with Crippen LogP contribution >= 0.6 is 11.6 Å². The van der Waals surface area contributed by atoms with Gasteiger partial charge in [-0.3, -0.25) is 0 Å². The van der Waals surface area contributed by atoms with Gasteiger partial charge >= 0.3 is 5.97 Å². The standard InChI is InChI=1S/C11H14ClNO2/c1-7(2)10(11(14)15-13)8-3-5-9(12)6-4-8/h3-7,10H,13H2,1-2H3/t10-/m1/s1. The van der Waals surface area contributed by atoms with E-state index in [2.05, 4.69) is 4.84 Å². The van der Waals surface area contributed by atoms with Crippen molar-refractivity contribution in [2.45, 2.75) is 19.8 Å². The molecule has 0 fully saturated rings. The van der Waals surface area contributed by atoms with Gasteiger partial charge in [-0.2, -0.15) is 5.90 Å². The van der Waals surface area contributed by atoms with E-state index in [1.807, 2.05) is 26.0 Å². The van der Waals surface area contributed by atoms with Crippen molar-refractivity contribution in [1.29, 1.82) is 0 Å². The average molecular weight is 228 g/mol. The van der Waals surface area contributed by atoms with Crippen molar-refractivity contribution in [2.75, 3.05) is 0 Å². The lowest BCUT2D eigenvalue weighted by Crippen LogP contribution is -2.23. The Labute approximate surface area is 94.1 Å². The lowest BCUT2D eigenvalue weighted by molar-refractivity contribution is -0.147. The van der Waals surface area contributed by atoms with Crippen molar-refractivity contribution < 1.29 is 9.63 Å². The summed E-state index contributed by atoms with van der Waals surface area (Å²) in [5.41, 5.74) is 0.866. The first-order valence-corrected chi connectivity index (χ1v) is 5.10. The molecule has 3 nitrogen and oxygen atoms in total. The van der Waals surface area contributed by atoms with E-state index < -0.39 is 5.97 Å². The SMILES string of the molecule is CC(C)[C@@H](C(=O)ON)c1ccc(Cl)cc1. The Hall–Kier alpha value is -1.06. The van der Waals surface area contributed by atoms with Crippen molar-refractivity contribution in [1.82, 2.24) is 0 Å². The Kier molecular flexibility index (Phi) is 4.12. The molecule has 1 aromatic rings. The monoisotopic (exact) mass is 227 g/mol. The molecule has 0 saturated carbocycles. The van der Waals surface area contributed by atoms with Crippen LogP contribution in [0.4, 0.5) is 0 Å². The second-order valence-electron chi connectivity index (χ2n) is 3.71. The largest absolute Gasteiger partial charge is 0.373 e. The average Bonchev–Trinajstić information content (AvgIpc) is 2.20. The Bertz CT molecular complexity index is 335. The normalized spacial score (nSPS) is 12.6. The molecule has 0 unspecified atom stereocenters. The first-order chi connectivity index (χ1) is 7.06. The minimum Gasteiger partial charge on any atom is -0.373 e. The van der Waals surface area contributed by atoms with Crippen LogP contribution in [-0.2, 0) is 9.63 Å². The summed E-state index contributed by atoms with van der Waals surface area (Å²) in [5, 5.41) is 0.641. The summed E-state index contributed by atoms with van der Waals surface area (Å²) < 4.78 is 0. The van der Waals surface area contributed by atoms with Crippen LogP contribution in [0.25, 0.3) is 0 Å². The molecule has 1 aromatic carbocycles. The van der Waals surface area contributed by atoms with E-state index in [-0.39, 0.29) is 11.8 Å². The van der Waals surface area contributed by atoms with E-state index >= 15 is 0 Å². The molecule has 0 aliphatic heterocycles. The fourth-order valence-electron chi connectivity index (χ4n) is 1.54. The van der Waals surface area contributed by atoms with Gasteiger partial charge in [0, 0.05) is 5.02 Å². The van der Waals surface area contributed by atoms with Gasteiger partial charge in [-0.25, -0.2) is 4.79 Å². The van der Waals surface area contributed by atoms with Gasteiger partial charge in [-0.05, 0) is 23.6 Å². The highest BCUT2D eigenvalue weighted by Gasteiger charge is 2.25. The fourth-order valence-corrected chi connectivity index (χ4v) is 1.66. The number of rotatable bonds is 3. The number of hydrogen-bond acceptors (Lipinski definition) is 3. The van der Waals surface area contributed by atoms with E-state index in [9.17, 15) is 4.79 Å². The molecule has 15 heavy (non-hydrogen) atoms. The van der Waals surface area contributed by atoms with Crippen LogP contribution in [-0.4, -0.2) is 5.97 Å². The van der Waals surface area contributed by atoms with E-state index in [1.165, 1.54) is 0 Å². The van der Waals surface area contributed by atoms with Gasteiger partial charge in [0.2, 0.25) is 0 Å².